The molecular formula is C26H22Cl2N2O3. The Morgan fingerprint density at radius 2 is 1.85 bits per heavy atom. The van der Waals surface area contributed by atoms with Crippen molar-refractivity contribution in [3.05, 3.63) is 93.0 Å². The van der Waals surface area contributed by atoms with E-state index < -0.39 is 5.91 Å². The van der Waals surface area contributed by atoms with E-state index in [4.69, 9.17) is 32.7 Å². The van der Waals surface area contributed by atoms with Gasteiger partial charge in [0.2, 0.25) is 0 Å². The molecule has 0 saturated carbocycles. The number of hydrogen-bond donors (Lipinski definition) is 1. The number of carbonyl (C=O) groups is 1. The molecule has 1 N–H and O–H groups in total. The van der Waals surface area contributed by atoms with E-state index in [0.29, 0.717) is 32.8 Å². The summed E-state index contributed by atoms with van der Waals surface area (Å²) in [6.45, 7) is 2.27. The second-order valence-electron chi connectivity index (χ2n) is 7.08. The Hall–Kier alpha value is -3.46. The zero-order chi connectivity index (χ0) is 23.8. The fourth-order valence-corrected chi connectivity index (χ4v) is 3.55. The summed E-state index contributed by atoms with van der Waals surface area (Å²) in [6.07, 6.45) is 2.22. The van der Waals surface area contributed by atoms with Gasteiger partial charge in [0.15, 0.2) is 11.5 Å². The lowest BCUT2D eigenvalue weighted by molar-refractivity contribution is -0.112. The third-order valence-electron chi connectivity index (χ3n) is 4.87. The quantitative estimate of drug-likeness (QED) is 0.288. The maximum absolute atomic E-state index is 12.7. The minimum Gasteiger partial charge on any atom is -0.493 e. The van der Waals surface area contributed by atoms with Crippen LogP contribution >= 0.6 is 23.2 Å². The Morgan fingerprint density at radius 1 is 1.12 bits per heavy atom. The highest BCUT2D eigenvalue weighted by atomic mass is 35.5. The first-order valence-electron chi connectivity index (χ1n) is 10.2. The molecule has 0 atom stereocenters. The van der Waals surface area contributed by atoms with E-state index in [-0.39, 0.29) is 12.2 Å². The number of methoxy groups -OCH3 is 1. The van der Waals surface area contributed by atoms with Crippen LogP contribution in [0, 0.1) is 11.3 Å². The van der Waals surface area contributed by atoms with Crippen molar-refractivity contribution < 1.29 is 14.3 Å². The van der Waals surface area contributed by atoms with E-state index in [1.54, 1.807) is 30.3 Å². The number of amides is 1. The van der Waals surface area contributed by atoms with Crippen LogP contribution in [0.3, 0.4) is 0 Å². The molecule has 0 unspecified atom stereocenters. The van der Waals surface area contributed by atoms with Crippen LogP contribution in [0.15, 0.2) is 66.2 Å². The number of hydrogen-bond acceptors (Lipinski definition) is 4. The third-order valence-corrected chi connectivity index (χ3v) is 5.40. The zero-order valence-corrected chi connectivity index (χ0v) is 19.7. The Labute approximate surface area is 203 Å². The van der Waals surface area contributed by atoms with Crippen LogP contribution in [0.25, 0.3) is 6.08 Å². The van der Waals surface area contributed by atoms with Crippen molar-refractivity contribution in [3.63, 3.8) is 0 Å². The first-order chi connectivity index (χ1) is 15.9. The lowest BCUT2D eigenvalue weighted by atomic mass is 10.1. The van der Waals surface area contributed by atoms with E-state index in [1.807, 2.05) is 43.3 Å². The van der Waals surface area contributed by atoms with E-state index in [1.165, 1.54) is 13.2 Å². The molecule has 0 fully saturated rings. The number of ether oxygens (including phenoxy) is 2. The van der Waals surface area contributed by atoms with E-state index in [0.717, 1.165) is 17.5 Å². The lowest BCUT2D eigenvalue weighted by Crippen LogP contribution is -2.14. The van der Waals surface area contributed by atoms with Gasteiger partial charge in [-0.05, 0) is 59.5 Å². The largest absolute Gasteiger partial charge is 0.493 e. The maximum atomic E-state index is 12.7. The van der Waals surface area contributed by atoms with Gasteiger partial charge in [-0.25, -0.2) is 0 Å². The fourth-order valence-electron chi connectivity index (χ4n) is 3.15. The van der Waals surface area contributed by atoms with Crippen molar-refractivity contribution in [3.8, 4) is 17.6 Å². The van der Waals surface area contributed by atoms with Crippen LogP contribution < -0.4 is 14.8 Å². The topological polar surface area (TPSA) is 71.4 Å². The lowest BCUT2D eigenvalue weighted by Gasteiger charge is -2.14. The van der Waals surface area contributed by atoms with Gasteiger partial charge < -0.3 is 14.8 Å². The van der Waals surface area contributed by atoms with Gasteiger partial charge in [-0.15, -0.1) is 0 Å². The smallest absolute Gasteiger partial charge is 0.266 e. The van der Waals surface area contributed by atoms with Gasteiger partial charge in [0.25, 0.3) is 5.91 Å². The molecule has 5 nitrogen and oxygen atoms in total. The number of aryl methyl sites for hydroxylation is 1. The van der Waals surface area contributed by atoms with Crippen molar-refractivity contribution in [1.82, 2.24) is 0 Å². The van der Waals surface area contributed by atoms with Gasteiger partial charge in [-0.3, -0.25) is 4.79 Å². The van der Waals surface area contributed by atoms with Crippen LogP contribution in [0.2, 0.25) is 10.0 Å². The molecule has 0 aliphatic rings. The molecule has 7 heteroatoms. The second-order valence-corrected chi connectivity index (χ2v) is 7.93. The fraction of sp³-hybridized carbons (Fsp3) is 0.154. The molecule has 33 heavy (non-hydrogen) atoms. The van der Waals surface area contributed by atoms with Crippen molar-refractivity contribution in [2.24, 2.45) is 0 Å². The molecule has 168 valence electrons. The van der Waals surface area contributed by atoms with Crippen LogP contribution in [0.4, 0.5) is 5.69 Å². The molecule has 0 heterocycles. The summed E-state index contributed by atoms with van der Waals surface area (Å²) in [4.78, 5) is 12.7. The van der Waals surface area contributed by atoms with Crippen molar-refractivity contribution in [1.29, 1.82) is 5.26 Å². The van der Waals surface area contributed by atoms with Gasteiger partial charge in [0.1, 0.15) is 18.2 Å². The molecule has 0 aliphatic heterocycles. The predicted molar refractivity (Wildman–Crippen MR) is 132 cm³/mol. The first kappa shape index (κ1) is 24.2. The first-order valence-corrected chi connectivity index (χ1v) is 11.0. The zero-order valence-electron chi connectivity index (χ0n) is 18.2. The predicted octanol–water partition coefficient (Wildman–Crippen LogP) is 6.69. The van der Waals surface area contributed by atoms with Crippen LogP contribution in [-0.4, -0.2) is 13.0 Å². The molecule has 3 rings (SSSR count). The normalized spacial score (nSPS) is 10.9. The Morgan fingerprint density at radius 3 is 2.52 bits per heavy atom. The van der Waals surface area contributed by atoms with E-state index in [9.17, 15) is 10.1 Å². The molecule has 0 spiro atoms. The summed E-state index contributed by atoms with van der Waals surface area (Å²) in [5.41, 5.74) is 3.04. The average molecular weight is 481 g/mol. The van der Waals surface area contributed by atoms with E-state index >= 15 is 0 Å². The Balaban J connectivity index is 1.82. The summed E-state index contributed by atoms with van der Waals surface area (Å²) in [7, 11) is 1.49. The van der Waals surface area contributed by atoms with Crippen molar-refractivity contribution in [2.45, 2.75) is 20.0 Å². The number of halogens is 2. The second kappa shape index (κ2) is 11.4. The molecule has 0 aliphatic carbocycles. The number of nitrogens with one attached hydrogen (secondary N) is 1. The highest BCUT2D eigenvalue weighted by molar-refractivity contribution is 6.32. The molecular weight excluding hydrogens is 459 g/mol. The summed E-state index contributed by atoms with van der Waals surface area (Å²) < 4.78 is 11.3. The van der Waals surface area contributed by atoms with Gasteiger partial charge in [0, 0.05) is 10.7 Å². The van der Waals surface area contributed by atoms with Crippen LogP contribution in [0.1, 0.15) is 23.6 Å². The number of rotatable bonds is 8. The molecule has 1 amide bonds. The molecule has 3 aromatic rings. The number of carbonyl (C=O) groups excluding carboxylic acids is 1. The summed E-state index contributed by atoms with van der Waals surface area (Å²) in [5.74, 6) is 0.249. The standard InChI is InChI=1S/C26H22Cl2N2O3/c1-3-19-6-4-5-7-23(19)30-26(31)20(15-29)12-18-13-22(28)25(24(14-18)32-2)33-16-17-8-10-21(27)11-9-17/h4-14H,3,16H2,1-2H3,(H,30,31)/b20-12+. The minimum absolute atomic E-state index is 0.0612. The Bertz CT molecular complexity index is 1220. The Kier molecular flexibility index (Phi) is 8.37. The number of benzene rings is 3. The average Bonchev–Trinajstić information content (AvgIpc) is 2.82. The van der Waals surface area contributed by atoms with Crippen molar-refractivity contribution >= 4 is 40.9 Å². The van der Waals surface area contributed by atoms with Crippen LogP contribution in [-0.2, 0) is 17.8 Å². The van der Waals surface area contributed by atoms with Crippen LogP contribution in [0.5, 0.6) is 11.5 Å². The summed E-state index contributed by atoms with van der Waals surface area (Å²) >= 11 is 12.4. The monoisotopic (exact) mass is 480 g/mol. The summed E-state index contributed by atoms with van der Waals surface area (Å²) in [6, 6.07) is 20.0. The highest BCUT2D eigenvalue weighted by Crippen LogP contribution is 2.37. The minimum atomic E-state index is -0.503. The van der Waals surface area contributed by atoms with Crippen molar-refractivity contribution in [2.75, 3.05) is 12.4 Å². The van der Waals surface area contributed by atoms with Gasteiger partial charge in [-0.2, -0.15) is 5.26 Å². The van der Waals surface area contributed by atoms with Gasteiger partial charge in [-0.1, -0.05) is 60.5 Å². The molecule has 0 radical (unpaired) electrons. The molecule has 0 bridgehead atoms. The molecule has 0 aromatic heterocycles. The third kappa shape index (κ3) is 6.29. The number of nitriles is 1. The van der Waals surface area contributed by atoms with Gasteiger partial charge >= 0.3 is 0 Å². The molecule has 0 saturated heterocycles. The van der Waals surface area contributed by atoms with E-state index in [2.05, 4.69) is 5.32 Å². The number of nitrogens with zero attached hydrogens (tertiary/aromatic N) is 1. The number of para-hydroxylation sites is 1. The maximum Gasteiger partial charge on any atom is 0.266 e. The highest BCUT2D eigenvalue weighted by Gasteiger charge is 2.15. The number of anilines is 1. The molecule has 3 aromatic carbocycles. The summed E-state index contributed by atoms with van der Waals surface area (Å²) in [5, 5.41) is 13.3. The SMILES string of the molecule is CCc1ccccc1NC(=O)/C(C#N)=C/c1cc(Cl)c(OCc2ccc(Cl)cc2)c(OC)c1. The van der Waals surface area contributed by atoms with Gasteiger partial charge in [0.05, 0.1) is 12.1 Å².